The SMILES string of the molecule is C/C(Cl)=C\N(C)C(C)C. The largest absolute Gasteiger partial charge is 0.377 e. The van der Waals surface area contributed by atoms with Crippen LogP contribution < -0.4 is 0 Å². The van der Waals surface area contributed by atoms with Gasteiger partial charge in [0, 0.05) is 24.3 Å². The van der Waals surface area contributed by atoms with E-state index in [1.54, 1.807) is 0 Å². The van der Waals surface area contributed by atoms with E-state index in [4.69, 9.17) is 11.6 Å². The minimum Gasteiger partial charge on any atom is -0.377 e. The fraction of sp³-hybridized carbons (Fsp3) is 0.714. The number of rotatable bonds is 2. The molecule has 0 unspecified atom stereocenters. The van der Waals surface area contributed by atoms with E-state index in [-0.39, 0.29) is 0 Å². The lowest BCUT2D eigenvalue weighted by molar-refractivity contribution is 0.374. The second kappa shape index (κ2) is 3.78. The summed E-state index contributed by atoms with van der Waals surface area (Å²) in [6, 6.07) is 0.527. The van der Waals surface area contributed by atoms with Crippen molar-refractivity contribution in [1.82, 2.24) is 4.90 Å². The Morgan fingerprint density at radius 3 is 2.11 bits per heavy atom. The summed E-state index contributed by atoms with van der Waals surface area (Å²) >= 11 is 5.64. The molecular weight excluding hydrogens is 134 g/mol. The molecule has 0 radical (unpaired) electrons. The van der Waals surface area contributed by atoms with Gasteiger partial charge in [-0.2, -0.15) is 0 Å². The van der Waals surface area contributed by atoms with E-state index < -0.39 is 0 Å². The van der Waals surface area contributed by atoms with Crippen molar-refractivity contribution in [1.29, 1.82) is 0 Å². The highest BCUT2D eigenvalue weighted by Crippen LogP contribution is 2.02. The molecule has 0 aliphatic rings. The molecular formula is C7H14ClN. The minimum absolute atomic E-state index is 0.527. The Kier molecular flexibility index (Phi) is 3.71. The van der Waals surface area contributed by atoms with Crippen molar-refractivity contribution in [3.05, 3.63) is 11.2 Å². The lowest BCUT2D eigenvalue weighted by atomic mass is 10.4. The molecule has 0 aliphatic heterocycles. The number of hydrogen-bond acceptors (Lipinski definition) is 1. The number of hydrogen-bond donors (Lipinski definition) is 0. The summed E-state index contributed by atoms with van der Waals surface area (Å²) in [7, 11) is 2.01. The lowest BCUT2D eigenvalue weighted by Gasteiger charge is -2.18. The topological polar surface area (TPSA) is 3.24 Å². The quantitative estimate of drug-likeness (QED) is 0.580. The molecule has 0 spiro atoms. The molecule has 0 fully saturated rings. The summed E-state index contributed by atoms with van der Waals surface area (Å²) in [5.41, 5.74) is 0. The van der Waals surface area contributed by atoms with Gasteiger partial charge in [0.1, 0.15) is 0 Å². The van der Waals surface area contributed by atoms with Crippen LogP contribution in [0.2, 0.25) is 0 Å². The van der Waals surface area contributed by atoms with Gasteiger partial charge >= 0.3 is 0 Å². The highest BCUT2D eigenvalue weighted by molar-refractivity contribution is 6.29. The van der Waals surface area contributed by atoms with Crippen molar-refractivity contribution >= 4 is 11.6 Å². The van der Waals surface area contributed by atoms with Gasteiger partial charge in [0.2, 0.25) is 0 Å². The molecule has 9 heavy (non-hydrogen) atoms. The summed E-state index contributed by atoms with van der Waals surface area (Å²) in [6.07, 6.45) is 1.92. The zero-order valence-electron chi connectivity index (χ0n) is 6.48. The van der Waals surface area contributed by atoms with E-state index >= 15 is 0 Å². The van der Waals surface area contributed by atoms with Gasteiger partial charge in [-0.15, -0.1) is 0 Å². The molecule has 0 aliphatic carbocycles. The van der Waals surface area contributed by atoms with Crippen molar-refractivity contribution < 1.29 is 0 Å². The Labute approximate surface area is 62.3 Å². The Hall–Kier alpha value is -0.170. The number of nitrogens with zero attached hydrogens (tertiary/aromatic N) is 1. The second-order valence-electron chi connectivity index (χ2n) is 2.48. The van der Waals surface area contributed by atoms with Gasteiger partial charge in [-0.25, -0.2) is 0 Å². The van der Waals surface area contributed by atoms with Crippen molar-refractivity contribution in [3.8, 4) is 0 Å². The van der Waals surface area contributed by atoms with E-state index in [0.29, 0.717) is 6.04 Å². The molecule has 0 aromatic heterocycles. The van der Waals surface area contributed by atoms with Crippen LogP contribution in [0.4, 0.5) is 0 Å². The Bertz CT molecular complexity index is 103. The first-order chi connectivity index (χ1) is 4.04. The predicted octanol–water partition coefficient (Wildman–Crippen LogP) is 2.43. The van der Waals surface area contributed by atoms with Crippen LogP contribution >= 0.6 is 11.6 Å². The first kappa shape index (κ1) is 8.83. The maximum absolute atomic E-state index is 5.64. The second-order valence-corrected chi connectivity index (χ2v) is 3.07. The van der Waals surface area contributed by atoms with Crippen LogP contribution in [0, 0.1) is 0 Å². The third kappa shape index (κ3) is 4.34. The van der Waals surface area contributed by atoms with Gasteiger partial charge in [0.05, 0.1) is 0 Å². The van der Waals surface area contributed by atoms with Crippen LogP contribution in [-0.4, -0.2) is 18.0 Å². The molecule has 0 N–H and O–H groups in total. The third-order valence-electron chi connectivity index (χ3n) is 1.20. The Morgan fingerprint density at radius 2 is 2.00 bits per heavy atom. The van der Waals surface area contributed by atoms with Crippen molar-refractivity contribution in [2.24, 2.45) is 0 Å². The summed E-state index contributed by atoms with van der Waals surface area (Å²) < 4.78 is 0. The molecule has 0 saturated carbocycles. The van der Waals surface area contributed by atoms with Crippen molar-refractivity contribution in [2.75, 3.05) is 7.05 Å². The van der Waals surface area contributed by atoms with Crippen LogP contribution in [-0.2, 0) is 0 Å². The molecule has 0 saturated heterocycles. The molecule has 0 rings (SSSR count). The fourth-order valence-corrected chi connectivity index (χ4v) is 0.584. The first-order valence-corrected chi connectivity index (χ1v) is 3.47. The molecule has 2 heteroatoms. The average molecular weight is 148 g/mol. The van der Waals surface area contributed by atoms with Crippen LogP contribution in [0.25, 0.3) is 0 Å². The summed E-state index contributed by atoms with van der Waals surface area (Å²) in [5, 5.41) is 0.825. The normalized spacial score (nSPS) is 12.4. The van der Waals surface area contributed by atoms with E-state index in [1.807, 2.05) is 20.2 Å². The molecule has 0 aromatic rings. The van der Waals surface area contributed by atoms with E-state index in [1.165, 1.54) is 0 Å². The zero-order valence-corrected chi connectivity index (χ0v) is 7.24. The fourth-order valence-electron chi connectivity index (χ4n) is 0.430. The Balaban J connectivity index is 3.76. The molecule has 0 bridgehead atoms. The minimum atomic E-state index is 0.527. The monoisotopic (exact) mass is 147 g/mol. The summed E-state index contributed by atoms with van der Waals surface area (Å²) in [5.74, 6) is 0. The van der Waals surface area contributed by atoms with Crippen LogP contribution in [0.3, 0.4) is 0 Å². The summed E-state index contributed by atoms with van der Waals surface area (Å²) in [4.78, 5) is 2.07. The van der Waals surface area contributed by atoms with Gasteiger partial charge in [-0.3, -0.25) is 0 Å². The van der Waals surface area contributed by atoms with E-state index in [9.17, 15) is 0 Å². The maximum atomic E-state index is 5.64. The molecule has 54 valence electrons. The lowest BCUT2D eigenvalue weighted by Crippen LogP contribution is -2.19. The molecule has 0 heterocycles. The van der Waals surface area contributed by atoms with Crippen LogP contribution in [0.1, 0.15) is 20.8 Å². The third-order valence-corrected chi connectivity index (χ3v) is 1.29. The van der Waals surface area contributed by atoms with Crippen molar-refractivity contribution in [2.45, 2.75) is 26.8 Å². The van der Waals surface area contributed by atoms with Crippen molar-refractivity contribution in [3.63, 3.8) is 0 Å². The molecule has 0 amide bonds. The van der Waals surface area contributed by atoms with Gasteiger partial charge in [0.25, 0.3) is 0 Å². The molecule has 1 nitrogen and oxygen atoms in total. The van der Waals surface area contributed by atoms with Crippen LogP contribution in [0.15, 0.2) is 11.2 Å². The van der Waals surface area contributed by atoms with Gasteiger partial charge in [-0.05, 0) is 20.8 Å². The highest BCUT2D eigenvalue weighted by Gasteiger charge is 1.95. The van der Waals surface area contributed by atoms with Gasteiger partial charge in [-0.1, -0.05) is 11.6 Å². The van der Waals surface area contributed by atoms with Crippen LogP contribution in [0.5, 0.6) is 0 Å². The Morgan fingerprint density at radius 1 is 1.56 bits per heavy atom. The predicted molar refractivity (Wildman–Crippen MR) is 42.5 cm³/mol. The van der Waals surface area contributed by atoms with Gasteiger partial charge < -0.3 is 4.90 Å². The first-order valence-electron chi connectivity index (χ1n) is 3.10. The molecule has 0 atom stereocenters. The van der Waals surface area contributed by atoms with Gasteiger partial charge in [0.15, 0.2) is 0 Å². The number of halogens is 1. The summed E-state index contributed by atoms with van der Waals surface area (Å²) in [6.45, 7) is 6.12. The zero-order chi connectivity index (χ0) is 7.44. The highest BCUT2D eigenvalue weighted by atomic mass is 35.5. The van der Waals surface area contributed by atoms with E-state index in [2.05, 4.69) is 18.7 Å². The van der Waals surface area contributed by atoms with E-state index in [0.717, 1.165) is 5.03 Å². The smallest absolute Gasteiger partial charge is 0.0308 e. The molecule has 0 aromatic carbocycles. The standard InChI is InChI=1S/C7H14ClN/c1-6(2)9(4)5-7(3)8/h5-6H,1-4H3/b7-5+. The maximum Gasteiger partial charge on any atom is 0.0308 e. The number of allylic oxidation sites excluding steroid dienone is 1. The average Bonchev–Trinajstić information content (AvgIpc) is 1.63.